The van der Waals surface area contributed by atoms with Gasteiger partial charge in [0.25, 0.3) is 5.91 Å². The molecule has 3 rings (SSSR count). The van der Waals surface area contributed by atoms with Crippen molar-refractivity contribution in [2.75, 3.05) is 13.1 Å². The lowest BCUT2D eigenvalue weighted by Crippen LogP contribution is -2.54. The van der Waals surface area contributed by atoms with Crippen LogP contribution in [-0.2, 0) is 11.3 Å². The largest absolute Gasteiger partial charge is 0.370 e. The number of hydrogen-bond donors (Lipinski definition) is 0. The van der Waals surface area contributed by atoms with Crippen LogP contribution in [0.2, 0.25) is 0 Å². The molecule has 1 fully saturated rings. The summed E-state index contributed by atoms with van der Waals surface area (Å²) in [6.45, 7) is 6.04. The smallest absolute Gasteiger partial charge is 0.254 e. The predicted molar refractivity (Wildman–Crippen MR) is 86.8 cm³/mol. The van der Waals surface area contributed by atoms with Gasteiger partial charge in [0.05, 0.1) is 12.7 Å². The monoisotopic (exact) mass is 295 g/mol. The summed E-state index contributed by atoms with van der Waals surface area (Å²) in [5.74, 6) is 0.0962. The molecule has 1 aliphatic rings. The molecule has 0 radical (unpaired) electrons. The molecule has 1 heterocycles. The second-order valence-corrected chi connectivity index (χ2v) is 6.00. The number of likely N-dealkylation sites (tertiary alicyclic amines) is 1. The molecule has 2 aromatic carbocycles. The summed E-state index contributed by atoms with van der Waals surface area (Å²) in [7, 11) is 0. The van der Waals surface area contributed by atoms with E-state index in [9.17, 15) is 4.79 Å². The molecule has 2 aromatic rings. The minimum Gasteiger partial charge on any atom is -0.370 e. The van der Waals surface area contributed by atoms with Crippen molar-refractivity contribution < 1.29 is 9.53 Å². The average Bonchev–Trinajstić information content (AvgIpc) is 2.47. The summed E-state index contributed by atoms with van der Waals surface area (Å²) in [4.78, 5) is 14.1. The van der Waals surface area contributed by atoms with E-state index in [0.717, 1.165) is 11.1 Å². The number of aryl methyl sites for hydroxylation is 2. The number of amides is 1. The van der Waals surface area contributed by atoms with Crippen LogP contribution in [0.15, 0.2) is 48.5 Å². The third-order valence-electron chi connectivity index (χ3n) is 4.01. The standard InChI is InChI=1S/C19H21NO2/c1-14-6-8-16(9-7-14)13-22-18-11-20(12-18)19(21)17-5-3-4-15(2)10-17/h3-10,18H,11-13H2,1-2H3. The van der Waals surface area contributed by atoms with Gasteiger partial charge in [0.2, 0.25) is 0 Å². The van der Waals surface area contributed by atoms with Gasteiger partial charge in [0, 0.05) is 18.7 Å². The zero-order valence-electron chi connectivity index (χ0n) is 13.1. The SMILES string of the molecule is Cc1ccc(COC2CN(C(=O)c3cccc(C)c3)C2)cc1. The summed E-state index contributed by atoms with van der Waals surface area (Å²) in [6, 6.07) is 16.1. The Labute approximate surface area is 131 Å². The molecule has 0 aliphatic carbocycles. The van der Waals surface area contributed by atoms with Crippen LogP contribution in [-0.4, -0.2) is 30.0 Å². The maximum absolute atomic E-state index is 12.3. The Balaban J connectivity index is 1.47. The normalized spacial score (nSPS) is 14.7. The Morgan fingerprint density at radius 3 is 2.50 bits per heavy atom. The van der Waals surface area contributed by atoms with E-state index in [-0.39, 0.29) is 12.0 Å². The van der Waals surface area contributed by atoms with Crippen molar-refractivity contribution in [1.29, 1.82) is 0 Å². The number of carbonyl (C=O) groups excluding carboxylic acids is 1. The zero-order valence-corrected chi connectivity index (χ0v) is 13.1. The van der Waals surface area contributed by atoms with Gasteiger partial charge in [-0.3, -0.25) is 4.79 Å². The fourth-order valence-electron chi connectivity index (χ4n) is 2.57. The van der Waals surface area contributed by atoms with Gasteiger partial charge in [-0.1, -0.05) is 47.5 Å². The topological polar surface area (TPSA) is 29.5 Å². The summed E-state index contributed by atoms with van der Waals surface area (Å²) in [5.41, 5.74) is 4.30. The van der Waals surface area contributed by atoms with Gasteiger partial charge in [0.15, 0.2) is 0 Å². The van der Waals surface area contributed by atoms with Crippen molar-refractivity contribution >= 4 is 5.91 Å². The van der Waals surface area contributed by atoms with E-state index in [1.54, 1.807) is 0 Å². The van der Waals surface area contributed by atoms with E-state index < -0.39 is 0 Å². The molecule has 1 aliphatic heterocycles. The van der Waals surface area contributed by atoms with Crippen molar-refractivity contribution in [3.05, 3.63) is 70.8 Å². The number of hydrogen-bond acceptors (Lipinski definition) is 2. The maximum atomic E-state index is 12.3. The van der Waals surface area contributed by atoms with Crippen LogP contribution in [0.1, 0.15) is 27.0 Å². The molecule has 0 saturated carbocycles. The molecular formula is C19H21NO2. The van der Waals surface area contributed by atoms with E-state index in [4.69, 9.17) is 4.74 Å². The fourth-order valence-corrected chi connectivity index (χ4v) is 2.57. The number of nitrogens with zero attached hydrogens (tertiary/aromatic N) is 1. The summed E-state index contributed by atoms with van der Waals surface area (Å²) < 4.78 is 5.85. The van der Waals surface area contributed by atoms with E-state index in [1.165, 1.54) is 11.1 Å². The molecule has 0 bridgehead atoms. The third kappa shape index (κ3) is 3.37. The average molecular weight is 295 g/mol. The number of carbonyl (C=O) groups is 1. The van der Waals surface area contributed by atoms with Gasteiger partial charge in [0.1, 0.15) is 0 Å². The highest BCUT2D eigenvalue weighted by molar-refractivity contribution is 5.94. The van der Waals surface area contributed by atoms with Crippen LogP contribution in [0.5, 0.6) is 0 Å². The van der Waals surface area contributed by atoms with Gasteiger partial charge in [-0.05, 0) is 31.5 Å². The Kier molecular flexibility index (Phi) is 4.25. The lowest BCUT2D eigenvalue weighted by atomic mass is 10.1. The maximum Gasteiger partial charge on any atom is 0.254 e. The predicted octanol–water partition coefficient (Wildman–Crippen LogP) is 3.34. The molecule has 3 heteroatoms. The van der Waals surface area contributed by atoms with Crippen LogP contribution in [0.25, 0.3) is 0 Å². The summed E-state index contributed by atoms with van der Waals surface area (Å²) >= 11 is 0. The van der Waals surface area contributed by atoms with Crippen molar-refractivity contribution in [3.8, 4) is 0 Å². The van der Waals surface area contributed by atoms with Crippen LogP contribution in [0, 0.1) is 13.8 Å². The summed E-state index contributed by atoms with van der Waals surface area (Å²) in [5, 5.41) is 0. The molecule has 1 saturated heterocycles. The third-order valence-corrected chi connectivity index (χ3v) is 4.01. The van der Waals surface area contributed by atoms with Crippen molar-refractivity contribution in [3.63, 3.8) is 0 Å². The first-order valence-corrected chi connectivity index (χ1v) is 7.65. The lowest BCUT2D eigenvalue weighted by Gasteiger charge is -2.39. The van der Waals surface area contributed by atoms with Crippen LogP contribution < -0.4 is 0 Å². The lowest BCUT2D eigenvalue weighted by molar-refractivity contribution is -0.0503. The highest BCUT2D eigenvalue weighted by Crippen LogP contribution is 2.18. The number of benzene rings is 2. The van der Waals surface area contributed by atoms with Crippen LogP contribution >= 0.6 is 0 Å². The molecule has 0 spiro atoms. The Hall–Kier alpha value is -2.13. The second-order valence-electron chi connectivity index (χ2n) is 6.00. The first-order chi connectivity index (χ1) is 10.6. The Morgan fingerprint density at radius 1 is 1.09 bits per heavy atom. The summed E-state index contributed by atoms with van der Waals surface area (Å²) in [6.07, 6.45) is 0.148. The first kappa shape index (κ1) is 14.8. The van der Waals surface area contributed by atoms with Crippen molar-refractivity contribution in [2.45, 2.75) is 26.6 Å². The molecule has 22 heavy (non-hydrogen) atoms. The van der Waals surface area contributed by atoms with Crippen LogP contribution in [0.4, 0.5) is 0 Å². The molecule has 3 nitrogen and oxygen atoms in total. The second kappa shape index (κ2) is 6.32. The van der Waals surface area contributed by atoms with Crippen LogP contribution in [0.3, 0.4) is 0 Å². The molecule has 0 unspecified atom stereocenters. The van der Waals surface area contributed by atoms with E-state index in [1.807, 2.05) is 36.1 Å². The molecule has 1 amide bonds. The highest BCUT2D eigenvalue weighted by atomic mass is 16.5. The molecule has 114 valence electrons. The molecular weight excluding hydrogens is 274 g/mol. The van der Waals surface area contributed by atoms with Gasteiger partial charge >= 0.3 is 0 Å². The molecule has 0 aromatic heterocycles. The highest BCUT2D eigenvalue weighted by Gasteiger charge is 2.31. The minimum absolute atomic E-state index is 0.0962. The van der Waals surface area contributed by atoms with Gasteiger partial charge < -0.3 is 9.64 Å². The quantitative estimate of drug-likeness (QED) is 0.865. The minimum atomic E-state index is 0.0962. The molecule has 0 N–H and O–H groups in total. The zero-order chi connectivity index (χ0) is 15.5. The van der Waals surface area contributed by atoms with Crippen molar-refractivity contribution in [1.82, 2.24) is 4.90 Å². The van der Waals surface area contributed by atoms with Gasteiger partial charge in [-0.25, -0.2) is 0 Å². The van der Waals surface area contributed by atoms with E-state index >= 15 is 0 Å². The molecule has 0 atom stereocenters. The Bertz CT molecular complexity index is 657. The van der Waals surface area contributed by atoms with Crippen molar-refractivity contribution in [2.24, 2.45) is 0 Å². The fraction of sp³-hybridized carbons (Fsp3) is 0.316. The van der Waals surface area contributed by atoms with Gasteiger partial charge in [-0.2, -0.15) is 0 Å². The Morgan fingerprint density at radius 2 is 1.82 bits per heavy atom. The van der Waals surface area contributed by atoms with E-state index in [2.05, 4.69) is 31.2 Å². The number of ether oxygens (including phenoxy) is 1. The van der Waals surface area contributed by atoms with E-state index in [0.29, 0.717) is 19.7 Å². The van der Waals surface area contributed by atoms with Gasteiger partial charge in [-0.15, -0.1) is 0 Å². The number of rotatable bonds is 4. The first-order valence-electron chi connectivity index (χ1n) is 7.65.